The van der Waals surface area contributed by atoms with Crippen molar-refractivity contribution in [3.05, 3.63) is 68.8 Å². The molecule has 0 aliphatic rings. The number of carbonyl (C=O) groups is 1. The van der Waals surface area contributed by atoms with E-state index in [4.69, 9.17) is 11.6 Å². The lowest BCUT2D eigenvalue weighted by Crippen LogP contribution is -2.21. The molecule has 1 N–H and O–H groups in total. The molecule has 1 aromatic heterocycles. The maximum Gasteiger partial charge on any atom is 0.254 e. The number of H-pyrrole nitrogens is 1. The fourth-order valence-corrected chi connectivity index (χ4v) is 3.08. The van der Waals surface area contributed by atoms with Crippen molar-refractivity contribution in [2.45, 2.75) is 0 Å². The zero-order valence-electron chi connectivity index (χ0n) is 13.3. The summed E-state index contributed by atoms with van der Waals surface area (Å²) in [7, 11) is 3.51. The summed E-state index contributed by atoms with van der Waals surface area (Å²) in [5, 5.41) is 1.63. The standard InChI is InChI=1S/C19H16BrClN2O/c1-23(2)19(24)17-9-13(20)10-18-16(17)11-15(22-18)8-5-12-3-6-14(21)7-4-12/h3-11,22H,1-2H3. The summed E-state index contributed by atoms with van der Waals surface area (Å²) in [4.78, 5) is 17.3. The number of rotatable bonds is 3. The molecule has 0 bridgehead atoms. The van der Waals surface area contributed by atoms with Crippen molar-refractivity contribution < 1.29 is 4.79 Å². The van der Waals surface area contributed by atoms with Gasteiger partial charge < -0.3 is 9.88 Å². The van der Waals surface area contributed by atoms with Crippen LogP contribution in [0.2, 0.25) is 5.02 Å². The second kappa shape index (κ2) is 6.83. The molecule has 0 saturated carbocycles. The van der Waals surface area contributed by atoms with E-state index >= 15 is 0 Å². The van der Waals surface area contributed by atoms with E-state index < -0.39 is 0 Å². The Morgan fingerprint density at radius 1 is 1.12 bits per heavy atom. The van der Waals surface area contributed by atoms with E-state index in [0.29, 0.717) is 5.56 Å². The van der Waals surface area contributed by atoms with E-state index in [2.05, 4.69) is 20.9 Å². The number of aromatic amines is 1. The van der Waals surface area contributed by atoms with E-state index in [9.17, 15) is 4.79 Å². The molecule has 3 rings (SSSR count). The largest absolute Gasteiger partial charge is 0.355 e. The van der Waals surface area contributed by atoms with Crippen LogP contribution < -0.4 is 0 Å². The van der Waals surface area contributed by atoms with Gasteiger partial charge in [0.2, 0.25) is 0 Å². The summed E-state index contributed by atoms with van der Waals surface area (Å²) in [6.45, 7) is 0. The first kappa shape index (κ1) is 16.8. The Morgan fingerprint density at radius 2 is 1.83 bits per heavy atom. The highest BCUT2D eigenvalue weighted by Gasteiger charge is 2.14. The van der Waals surface area contributed by atoms with Crippen LogP contribution in [0.3, 0.4) is 0 Å². The van der Waals surface area contributed by atoms with Crippen molar-refractivity contribution in [3.63, 3.8) is 0 Å². The minimum absolute atomic E-state index is 0.0199. The van der Waals surface area contributed by atoms with Gasteiger partial charge in [-0.1, -0.05) is 45.7 Å². The summed E-state index contributed by atoms with van der Waals surface area (Å²) in [5.74, 6) is -0.0199. The van der Waals surface area contributed by atoms with Gasteiger partial charge >= 0.3 is 0 Å². The number of nitrogens with zero attached hydrogens (tertiary/aromatic N) is 1. The molecule has 24 heavy (non-hydrogen) atoms. The zero-order valence-corrected chi connectivity index (χ0v) is 15.6. The lowest BCUT2D eigenvalue weighted by molar-refractivity contribution is 0.0829. The summed E-state index contributed by atoms with van der Waals surface area (Å²) in [5.41, 5.74) is 3.59. The van der Waals surface area contributed by atoms with Gasteiger partial charge in [0.1, 0.15) is 0 Å². The smallest absolute Gasteiger partial charge is 0.254 e. The highest BCUT2D eigenvalue weighted by Crippen LogP contribution is 2.26. The van der Waals surface area contributed by atoms with Crippen molar-refractivity contribution in [1.82, 2.24) is 9.88 Å². The van der Waals surface area contributed by atoms with Gasteiger partial charge in [0.15, 0.2) is 0 Å². The van der Waals surface area contributed by atoms with Gasteiger partial charge in [-0.15, -0.1) is 0 Å². The average molecular weight is 404 g/mol. The molecule has 3 aromatic rings. The Bertz CT molecular complexity index is 926. The minimum atomic E-state index is -0.0199. The van der Waals surface area contributed by atoms with E-state index in [-0.39, 0.29) is 5.91 Å². The predicted molar refractivity (Wildman–Crippen MR) is 104 cm³/mol. The predicted octanol–water partition coefficient (Wildman–Crippen LogP) is 5.46. The Hall–Kier alpha value is -2.04. The quantitative estimate of drug-likeness (QED) is 0.619. The van der Waals surface area contributed by atoms with Gasteiger partial charge in [-0.2, -0.15) is 0 Å². The zero-order chi connectivity index (χ0) is 17.3. The molecule has 0 aliphatic carbocycles. The Kier molecular flexibility index (Phi) is 4.78. The summed E-state index contributed by atoms with van der Waals surface area (Å²) < 4.78 is 0.871. The fourth-order valence-electron chi connectivity index (χ4n) is 2.49. The van der Waals surface area contributed by atoms with Crippen LogP contribution in [-0.2, 0) is 0 Å². The third-order valence-electron chi connectivity index (χ3n) is 3.69. The number of hydrogen-bond acceptors (Lipinski definition) is 1. The topological polar surface area (TPSA) is 36.1 Å². The van der Waals surface area contributed by atoms with E-state index in [1.807, 2.05) is 54.6 Å². The minimum Gasteiger partial charge on any atom is -0.355 e. The van der Waals surface area contributed by atoms with Gasteiger partial charge in [-0.25, -0.2) is 0 Å². The normalized spacial score (nSPS) is 11.3. The molecule has 1 heterocycles. The number of amides is 1. The van der Waals surface area contributed by atoms with Gasteiger partial charge in [-0.05, 0) is 42.0 Å². The van der Waals surface area contributed by atoms with Gasteiger partial charge in [0, 0.05) is 40.2 Å². The van der Waals surface area contributed by atoms with Crippen LogP contribution in [0, 0.1) is 0 Å². The number of nitrogens with one attached hydrogen (secondary N) is 1. The van der Waals surface area contributed by atoms with Crippen LogP contribution in [0.5, 0.6) is 0 Å². The molecule has 2 aromatic carbocycles. The number of halogens is 2. The number of carbonyl (C=O) groups excluding carboxylic acids is 1. The van der Waals surface area contributed by atoms with Crippen molar-refractivity contribution in [2.75, 3.05) is 14.1 Å². The maximum absolute atomic E-state index is 12.4. The molecule has 0 fully saturated rings. The lowest BCUT2D eigenvalue weighted by Gasteiger charge is -2.11. The van der Waals surface area contributed by atoms with E-state index in [0.717, 1.165) is 31.7 Å². The second-order valence-electron chi connectivity index (χ2n) is 5.72. The van der Waals surface area contributed by atoms with Crippen molar-refractivity contribution in [1.29, 1.82) is 0 Å². The molecule has 0 saturated heterocycles. The van der Waals surface area contributed by atoms with Gasteiger partial charge in [-0.3, -0.25) is 4.79 Å². The summed E-state index contributed by atoms with van der Waals surface area (Å²) >= 11 is 9.37. The van der Waals surface area contributed by atoms with Crippen molar-refractivity contribution in [3.8, 4) is 0 Å². The van der Waals surface area contributed by atoms with Gasteiger partial charge in [0.25, 0.3) is 5.91 Å². The lowest BCUT2D eigenvalue weighted by atomic mass is 10.1. The van der Waals surface area contributed by atoms with E-state index in [1.165, 1.54) is 0 Å². The maximum atomic E-state index is 12.4. The number of benzene rings is 2. The highest BCUT2D eigenvalue weighted by molar-refractivity contribution is 9.10. The average Bonchev–Trinajstić information content (AvgIpc) is 2.95. The molecule has 0 radical (unpaired) electrons. The molecule has 5 heteroatoms. The molecular weight excluding hydrogens is 388 g/mol. The summed E-state index contributed by atoms with van der Waals surface area (Å²) in [6.07, 6.45) is 3.99. The molecule has 0 aliphatic heterocycles. The molecule has 1 amide bonds. The fraction of sp³-hybridized carbons (Fsp3) is 0.105. The number of hydrogen-bond donors (Lipinski definition) is 1. The van der Waals surface area contributed by atoms with Crippen LogP contribution in [-0.4, -0.2) is 29.9 Å². The third kappa shape index (κ3) is 3.55. The monoisotopic (exact) mass is 402 g/mol. The van der Waals surface area contributed by atoms with Crippen LogP contribution in [0.15, 0.2) is 46.9 Å². The molecule has 0 unspecified atom stereocenters. The first-order valence-corrected chi connectivity index (χ1v) is 8.59. The Morgan fingerprint density at radius 3 is 2.50 bits per heavy atom. The van der Waals surface area contributed by atoms with Crippen LogP contribution in [0.1, 0.15) is 21.6 Å². The number of fused-ring (bicyclic) bond motifs is 1. The molecule has 0 spiro atoms. The third-order valence-corrected chi connectivity index (χ3v) is 4.40. The SMILES string of the molecule is CN(C)C(=O)c1cc(Br)cc2[nH]c(C=Cc3ccc(Cl)cc3)cc12. The van der Waals surface area contributed by atoms with Crippen molar-refractivity contribution in [2.24, 2.45) is 0 Å². The summed E-state index contributed by atoms with van der Waals surface area (Å²) in [6, 6.07) is 13.4. The van der Waals surface area contributed by atoms with Crippen LogP contribution in [0.25, 0.3) is 23.1 Å². The van der Waals surface area contributed by atoms with Crippen LogP contribution >= 0.6 is 27.5 Å². The number of aromatic nitrogens is 1. The Balaban J connectivity index is 2.00. The second-order valence-corrected chi connectivity index (χ2v) is 7.08. The first-order valence-electron chi connectivity index (χ1n) is 7.41. The molecular formula is C19H16BrClN2O. The van der Waals surface area contributed by atoms with Crippen molar-refractivity contribution >= 4 is 56.5 Å². The first-order chi connectivity index (χ1) is 11.4. The Labute approximate surface area is 154 Å². The molecule has 3 nitrogen and oxygen atoms in total. The highest BCUT2D eigenvalue weighted by atomic mass is 79.9. The van der Waals surface area contributed by atoms with Gasteiger partial charge in [0.05, 0.1) is 5.56 Å². The molecule has 122 valence electrons. The van der Waals surface area contributed by atoms with E-state index in [1.54, 1.807) is 19.0 Å². The van der Waals surface area contributed by atoms with Crippen LogP contribution in [0.4, 0.5) is 0 Å². The molecule has 0 atom stereocenters.